The fourth-order valence-corrected chi connectivity index (χ4v) is 1.47. The molecule has 1 aromatic heterocycles. The van der Waals surface area contributed by atoms with Crippen molar-refractivity contribution in [2.75, 3.05) is 0 Å². The van der Waals surface area contributed by atoms with E-state index in [9.17, 15) is 9.59 Å². The van der Waals surface area contributed by atoms with Gasteiger partial charge in [0.2, 0.25) is 0 Å². The SMILES string of the molecule is CCC(C)(NC(=O)c1oc(C)cc1C)C(=O)O. The topological polar surface area (TPSA) is 79.5 Å². The molecule has 0 bridgehead atoms. The quantitative estimate of drug-likeness (QED) is 0.840. The van der Waals surface area contributed by atoms with Gasteiger partial charge in [-0.05, 0) is 33.3 Å². The first-order valence-corrected chi connectivity index (χ1v) is 5.43. The zero-order valence-electron chi connectivity index (χ0n) is 10.5. The summed E-state index contributed by atoms with van der Waals surface area (Å²) in [5.74, 6) is -0.763. The van der Waals surface area contributed by atoms with E-state index in [2.05, 4.69) is 5.32 Å². The molecule has 1 aromatic rings. The lowest BCUT2D eigenvalue weighted by atomic mass is 9.99. The molecule has 1 atom stereocenters. The Morgan fingerprint density at radius 2 is 2.06 bits per heavy atom. The Morgan fingerprint density at radius 1 is 1.47 bits per heavy atom. The van der Waals surface area contributed by atoms with E-state index in [0.29, 0.717) is 17.7 Å². The van der Waals surface area contributed by atoms with Crippen molar-refractivity contribution in [1.29, 1.82) is 0 Å². The van der Waals surface area contributed by atoms with E-state index in [1.165, 1.54) is 6.92 Å². The summed E-state index contributed by atoms with van der Waals surface area (Å²) in [6, 6.07) is 1.74. The van der Waals surface area contributed by atoms with Gasteiger partial charge in [-0.2, -0.15) is 0 Å². The van der Waals surface area contributed by atoms with Crippen molar-refractivity contribution >= 4 is 11.9 Å². The molecule has 5 heteroatoms. The zero-order chi connectivity index (χ0) is 13.2. The predicted molar refractivity (Wildman–Crippen MR) is 62.0 cm³/mol. The number of carboxylic acid groups (broad SMARTS) is 1. The first kappa shape index (κ1) is 13.3. The minimum absolute atomic E-state index is 0.170. The average Bonchev–Trinajstić information content (AvgIpc) is 2.57. The molecule has 94 valence electrons. The molecule has 0 spiro atoms. The summed E-state index contributed by atoms with van der Waals surface area (Å²) in [6.07, 6.45) is 0.298. The molecular formula is C12H17NO4. The smallest absolute Gasteiger partial charge is 0.329 e. The van der Waals surface area contributed by atoms with Crippen LogP contribution in [0.4, 0.5) is 0 Å². The highest BCUT2D eigenvalue weighted by Gasteiger charge is 2.34. The van der Waals surface area contributed by atoms with Crippen LogP contribution in [-0.2, 0) is 4.79 Å². The first-order valence-electron chi connectivity index (χ1n) is 5.43. The lowest BCUT2D eigenvalue weighted by Gasteiger charge is -2.24. The molecule has 0 aliphatic carbocycles. The fourth-order valence-electron chi connectivity index (χ4n) is 1.47. The van der Waals surface area contributed by atoms with E-state index < -0.39 is 17.4 Å². The van der Waals surface area contributed by atoms with Gasteiger partial charge in [-0.15, -0.1) is 0 Å². The maximum absolute atomic E-state index is 11.9. The molecule has 1 unspecified atom stereocenters. The van der Waals surface area contributed by atoms with Crippen LogP contribution in [0.2, 0.25) is 0 Å². The van der Waals surface area contributed by atoms with E-state index in [1.54, 1.807) is 26.8 Å². The minimum atomic E-state index is -1.27. The lowest BCUT2D eigenvalue weighted by molar-refractivity contribution is -0.143. The number of aryl methyl sites for hydroxylation is 2. The fraction of sp³-hybridized carbons (Fsp3) is 0.500. The summed E-state index contributed by atoms with van der Waals surface area (Å²) in [5, 5.41) is 11.5. The molecule has 5 nitrogen and oxygen atoms in total. The second-order valence-electron chi connectivity index (χ2n) is 4.31. The molecule has 1 rings (SSSR count). The summed E-state index contributed by atoms with van der Waals surface area (Å²) in [7, 11) is 0. The number of furan rings is 1. The van der Waals surface area contributed by atoms with Gasteiger partial charge in [-0.3, -0.25) is 4.79 Å². The molecule has 2 N–H and O–H groups in total. The van der Waals surface area contributed by atoms with E-state index in [1.807, 2.05) is 0 Å². The van der Waals surface area contributed by atoms with Crippen LogP contribution >= 0.6 is 0 Å². The highest BCUT2D eigenvalue weighted by Crippen LogP contribution is 2.16. The Kier molecular flexibility index (Phi) is 3.60. The molecule has 0 fully saturated rings. The third-order valence-corrected chi connectivity index (χ3v) is 2.82. The van der Waals surface area contributed by atoms with Crippen LogP contribution in [0.3, 0.4) is 0 Å². The lowest BCUT2D eigenvalue weighted by Crippen LogP contribution is -2.51. The minimum Gasteiger partial charge on any atom is -0.480 e. The second-order valence-corrected chi connectivity index (χ2v) is 4.31. The van der Waals surface area contributed by atoms with E-state index >= 15 is 0 Å². The van der Waals surface area contributed by atoms with Crippen LogP contribution in [0.15, 0.2) is 10.5 Å². The number of carboxylic acids is 1. The van der Waals surface area contributed by atoms with E-state index in [-0.39, 0.29) is 5.76 Å². The third-order valence-electron chi connectivity index (χ3n) is 2.82. The molecule has 0 aliphatic rings. The van der Waals surface area contributed by atoms with Gasteiger partial charge in [0.25, 0.3) is 5.91 Å². The Balaban J connectivity index is 2.93. The molecule has 1 amide bonds. The van der Waals surface area contributed by atoms with Gasteiger partial charge in [0.1, 0.15) is 11.3 Å². The zero-order valence-corrected chi connectivity index (χ0v) is 10.5. The van der Waals surface area contributed by atoms with Crippen molar-refractivity contribution in [3.63, 3.8) is 0 Å². The van der Waals surface area contributed by atoms with Gasteiger partial charge in [0.15, 0.2) is 5.76 Å². The number of carbonyl (C=O) groups is 2. The van der Waals surface area contributed by atoms with Crippen molar-refractivity contribution in [1.82, 2.24) is 5.32 Å². The van der Waals surface area contributed by atoms with E-state index in [0.717, 1.165) is 0 Å². The molecule has 0 aromatic carbocycles. The van der Waals surface area contributed by atoms with Crippen molar-refractivity contribution in [2.45, 2.75) is 39.7 Å². The van der Waals surface area contributed by atoms with Crippen LogP contribution in [0, 0.1) is 13.8 Å². The maximum Gasteiger partial charge on any atom is 0.329 e. The number of rotatable bonds is 4. The monoisotopic (exact) mass is 239 g/mol. The van der Waals surface area contributed by atoms with Crippen LogP contribution in [0.25, 0.3) is 0 Å². The molecular weight excluding hydrogens is 222 g/mol. The number of hydrogen-bond acceptors (Lipinski definition) is 3. The highest BCUT2D eigenvalue weighted by atomic mass is 16.4. The van der Waals surface area contributed by atoms with E-state index in [4.69, 9.17) is 9.52 Å². The van der Waals surface area contributed by atoms with Gasteiger partial charge in [0.05, 0.1) is 0 Å². The number of aliphatic carboxylic acids is 1. The summed E-state index contributed by atoms with van der Waals surface area (Å²) < 4.78 is 5.24. The second kappa shape index (κ2) is 4.61. The molecule has 0 radical (unpaired) electrons. The summed E-state index contributed by atoms with van der Waals surface area (Å²) >= 11 is 0. The number of hydrogen-bond donors (Lipinski definition) is 2. The van der Waals surface area contributed by atoms with Crippen molar-refractivity contribution in [2.24, 2.45) is 0 Å². The molecule has 0 aliphatic heterocycles. The first-order chi connectivity index (χ1) is 7.80. The number of carbonyl (C=O) groups excluding carboxylic acids is 1. The largest absolute Gasteiger partial charge is 0.480 e. The van der Waals surface area contributed by atoms with Gasteiger partial charge in [-0.1, -0.05) is 6.92 Å². The Labute approximate surface area is 99.8 Å². The van der Waals surface area contributed by atoms with Crippen LogP contribution < -0.4 is 5.32 Å². The summed E-state index contributed by atoms with van der Waals surface area (Å²) in [5.41, 5.74) is -0.576. The average molecular weight is 239 g/mol. The normalized spacial score (nSPS) is 14.1. The Hall–Kier alpha value is -1.78. The standard InChI is InChI=1S/C12H17NO4/c1-5-12(4,11(15)16)13-10(14)9-7(2)6-8(3)17-9/h6H,5H2,1-4H3,(H,13,14)(H,15,16). The third kappa shape index (κ3) is 2.67. The molecule has 0 saturated heterocycles. The Bertz CT molecular complexity index is 449. The maximum atomic E-state index is 11.9. The van der Waals surface area contributed by atoms with Crippen molar-refractivity contribution in [3.05, 3.63) is 23.2 Å². The number of amides is 1. The van der Waals surface area contributed by atoms with Gasteiger partial charge in [-0.25, -0.2) is 4.79 Å². The van der Waals surface area contributed by atoms with Crippen molar-refractivity contribution in [3.8, 4) is 0 Å². The molecule has 17 heavy (non-hydrogen) atoms. The van der Waals surface area contributed by atoms with Crippen LogP contribution in [-0.4, -0.2) is 22.5 Å². The summed E-state index contributed by atoms with van der Waals surface area (Å²) in [4.78, 5) is 23.0. The Morgan fingerprint density at radius 3 is 2.41 bits per heavy atom. The van der Waals surface area contributed by atoms with Gasteiger partial charge >= 0.3 is 5.97 Å². The number of nitrogens with one attached hydrogen (secondary N) is 1. The molecule has 0 saturated carbocycles. The predicted octanol–water partition coefficient (Wildman–Crippen LogP) is 1.88. The van der Waals surface area contributed by atoms with Gasteiger partial charge in [0, 0.05) is 5.56 Å². The van der Waals surface area contributed by atoms with Gasteiger partial charge < -0.3 is 14.8 Å². The van der Waals surface area contributed by atoms with Crippen LogP contribution in [0.5, 0.6) is 0 Å². The highest BCUT2D eigenvalue weighted by molar-refractivity contribution is 5.96. The van der Waals surface area contributed by atoms with Crippen LogP contribution in [0.1, 0.15) is 42.1 Å². The van der Waals surface area contributed by atoms with Crippen molar-refractivity contribution < 1.29 is 19.1 Å². The summed E-state index contributed by atoms with van der Waals surface area (Å²) in [6.45, 7) is 6.66. The molecule has 1 heterocycles.